The van der Waals surface area contributed by atoms with Crippen molar-refractivity contribution in [2.45, 2.75) is 29.4 Å². The molecule has 1 aromatic carbocycles. The van der Waals surface area contributed by atoms with Gasteiger partial charge in [-0.25, -0.2) is 9.97 Å². The lowest BCUT2D eigenvalue weighted by Crippen LogP contribution is -2.34. The van der Waals surface area contributed by atoms with Crippen LogP contribution in [0.4, 0.5) is 11.6 Å². The quantitative estimate of drug-likeness (QED) is 0.531. The number of amides is 1. The van der Waals surface area contributed by atoms with Crippen LogP contribution >= 0.6 is 11.8 Å². The fourth-order valence-corrected chi connectivity index (χ4v) is 3.64. The standard InChI is InChI=1S/C17H21N5O2S/c18-13-9-14(19)22-17(21-13)25-15(11-5-2-1-3-6-11)16(23)20-10-12-7-4-8-24-12/h1-3,5-6,9,12,15H,4,7-8,10H2,(H,20,23)(H4,18,19,21,22)/t12-,15+/m0/s1. The van der Waals surface area contributed by atoms with Crippen molar-refractivity contribution in [2.75, 3.05) is 24.6 Å². The third-order valence-electron chi connectivity index (χ3n) is 3.84. The van der Waals surface area contributed by atoms with Crippen LogP contribution in [0.5, 0.6) is 0 Å². The van der Waals surface area contributed by atoms with E-state index in [1.165, 1.54) is 17.8 Å². The number of nitrogens with zero attached hydrogens (tertiary/aromatic N) is 2. The number of aromatic nitrogens is 2. The zero-order valence-electron chi connectivity index (χ0n) is 13.7. The number of rotatable bonds is 6. The number of carbonyl (C=O) groups excluding carboxylic acids is 1. The molecule has 2 aromatic rings. The smallest absolute Gasteiger partial charge is 0.238 e. The highest BCUT2D eigenvalue weighted by atomic mass is 32.2. The summed E-state index contributed by atoms with van der Waals surface area (Å²) in [5, 5.41) is 2.85. The summed E-state index contributed by atoms with van der Waals surface area (Å²) >= 11 is 1.23. The Morgan fingerprint density at radius 1 is 1.28 bits per heavy atom. The Balaban J connectivity index is 1.75. The molecule has 1 saturated heterocycles. The van der Waals surface area contributed by atoms with Gasteiger partial charge in [0.1, 0.15) is 16.9 Å². The monoisotopic (exact) mass is 359 g/mol. The second kappa shape index (κ2) is 8.17. The van der Waals surface area contributed by atoms with E-state index in [1.807, 2.05) is 30.3 Å². The van der Waals surface area contributed by atoms with Crippen LogP contribution in [0.15, 0.2) is 41.6 Å². The fraction of sp³-hybridized carbons (Fsp3) is 0.353. The number of hydrogen-bond acceptors (Lipinski definition) is 7. The second-order valence-corrected chi connectivity index (χ2v) is 6.86. The number of nitrogens with one attached hydrogen (secondary N) is 1. The van der Waals surface area contributed by atoms with Gasteiger partial charge in [-0.2, -0.15) is 0 Å². The molecular weight excluding hydrogens is 338 g/mol. The van der Waals surface area contributed by atoms with Crippen molar-refractivity contribution in [3.05, 3.63) is 42.0 Å². The summed E-state index contributed by atoms with van der Waals surface area (Å²) in [6.45, 7) is 1.26. The van der Waals surface area contributed by atoms with Gasteiger partial charge in [-0.3, -0.25) is 4.79 Å². The summed E-state index contributed by atoms with van der Waals surface area (Å²) < 4.78 is 5.56. The van der Waals surface area contributed by atoms with E-state index in [0.717, 1.165) is 25.0 Å². The minimum Gasteiger partial charge on any atom is -0.383 e. The number of benzene rings is 1. The molecule has 1 aromatic heterocycles. The lowest BCUT2D eigenvalue weighted by atomic mass is 10.1. The molecular formula is C17H21N5O2S. The van der Waals surface area contributed by atoms with Crippen molar-refractivity contribution in [1.82, 2.24) is 15.3 Å². The fourth-order valence-electron chi connectivity index (χ4n) is 2.63. The number of ether oxygens (including phenoxy) is 1. The normalized spacial score (nSPS) is 18.0. The van der Waals surface area contributed by atoms with Crippen LogP contribution in [0.25, 0.3) is 0 Å². The van der Waals surface area contributed by atoms with E-state index in [1.54, 1.807) is 0 Å². The first-order chi connectivity index (χ1) is 12.1. The summed E-state index contributed by atoms with van der Waals surface area (Å²) in [5.41, 5.74) is 12.3. The number of nitrogens with two attached hydrogens (primary N) is 2. The van der Waals surface area contributed by atoms with Crippen molar-refractivity contribution in [3.63, 3.8) is 0 Å². The molecule has 25 heavy (non-hydrogen) atoms. The summed E-state index contributed by atoms with van der Waals surface area (Å²) in [5.74, 6) is 0.444. The Morgan fingerprint density at radius 2 is 2.00 bits per heavy atom. The SMILES string of the molecule is Nc1cc(N)nc(S[C@@H](C(=O)NC[C@@H]2CCCO2)c2ccccc2)n1. The van der Waals surface area contributed by atoms with Crippen molar-refractivity contribution in [1.29, 1.82) is 0 Å². The Labute approximate surface area is 150 Å². The van der Waals surface area contributed by atoms with Gasteiger partial charge < -0.3 is 21.5 Å². The third kappa shape index (κ3) is 4.83. The number of nitrogen functional groups attached to an aromatic ring is 2. The Bertz CT molecular complexity index is 702. The second-order valence-electron chi connectivity index (χ2n) is 5.79. The number of carbonyl (C=O) groups is 1. The predicted octanol–water partition coefficient (Wildman–Crippen LogP) is 1.77. The van der Waals surface area contributed by atoms with Crippen LogP contribution in [0.3, 0.4) is 0 Å². The number of thioether (sulfide) groups is 1. The highest BCUT2D eigenvalue weighted by Gasteiger charge is 2.25. The molecule has 3 rings (SSSR count). The molecule has 2 atom stereocenters. The Kier molecular flexibility index (Phi) is 5.72. The number of anilines is 2. The highest BCUT2D eigenvalue weighted by Crippen LogP contribution is 2.34. The highest BCUT2D eigenvalue weighted by molar-refractivity contribution is 8.00. The van der Waals surface area contributed by atoms with Gasteiger partial charge in [-0.15, -0.1) is 0 Å². The van der Waals surface area contributed by atoms with Crippen LogP contribution in [0.1, 0.15) is 23.7 Å². The average molecular weight is 359 g/mol. The van der Waals surface area contributed by atoms with Gasteiger partial charge in [0.25, 0.3) is 0 Å². The first-order valence-corrected chi connectivity index (χ1v) is 9.01. The maximum atomic E-state index is 12.8. The summed E-state index contributed by atoms with van der Waals surface area (Å²) in [6.07, 6.45) is 2.09. The van der Waals surface area contributed by atoms with E-state index >= 15 is 0 Å². The molecule has 0 radical (unpaired) electrons. The molecule has 0 saturated carbocycles. The Hall–Kier alpha value is -2.32. The van der Waals surface area contributed by atoms with E-state index < -0.39 is 5.25 Å². The molecule has 132 valence electrons. The maximum Gasteiger partial charge on any atom is 0.238 e. The van der Waals surface area contributed by atoms with Crippen LogP contribution in [-0.4, -0.2) is 35.1 Å². The van der Waals surface area contributed by atoms with Crippen LogP contribution < -0.4 is 16.8 Å². The molecule has 0 aliphatic carbocycles. The van der Waals surface area contributed by atoms with Crippen LogP contribution in [-0.2, 0) is 9.53 Å². The Morgan fingerprint density at radius 3 is 2.64 bits per heavy atom. The van der Waals surface area contributed by atoms with Crippen LogP contribution in [0, 0.1) is 0 Å². The molecule has 0 spiro atoms. The van der Waals surface area contributed by atoms with Gasteiger partial charge in [-0.1, -0.05) is 42.1 Å². The van der Waals surface area contributed by atoms with Crippen molar-refractivity contribution in [2.24, 2.45) is 0 Å². The molecule has 8 heteroatoms. The van der Waals surface area contributed by atoms with E-state index in [2.05, 4.69) is 15.3 Å². The molecule has 5 N–H and O–H groups in total. The predicted molar refractivity (Wildman–Crippen MR) is 97.9 cm³/mol. The largest absolute Gasteiger partial charge is 0.383 e. The third-order valence-corrected chi connectivity index (χ3v) is 4.95. The van der Waals surface area contributed by atoms with E-state index in [4.69, 9.17) is 16.2 Å². The first kappa shape index (κ1) is 17.5. The van der Waals surface area contributed by atoms with Gasteiger partial charge >= 0.3 is 0 Å². The van der Waals surface area contributed by atoms with Crippen molar-refractivity contribution < 1.29 is 9.53 Å². The zero-order valence-corrected chi connectivity index (χ0v) is 14.5. The van der Waals surface area contributed by atoms with Gasteiger partial charge in [0.15, 0.2) is 5.16 Å². The average Bonchev–Trinajstić information content (AvgIpc) is 3.11. The van der Waals surface area contributed by atoms with E-state index in [-0.39, 0.29) is 23.6 Å². The van der Waals surface area contributed by atoms with Gasteiger partial charge in [0, 0.05) is 19.2 Å². The molecule has 0 bridgehead atoms. The summed E-state index contributed by atoms with van der Waals surface area (Å²) in [4.78, 5) is 21.1. The summed E-state index contributed by atoms with van der Waals surface area (Å²) in [7, 11) is 0. The molecule has 2 heterocycles. The molecule has 0 unspecified atom stereocenters. The minimum atomic E-state index is -0.496. The lowest BCUT2D eigenvalue weighted by molar-refractivity contribution is -0.121. The minimum absolute atomic E-state index is 0.0876. The van der Waals surface area contributed by atoms with Crippen molar-refractivity contribution in [3.8, 4) is 0 Å². The molecule has 1 amide bonds. The topological polar surface area (TPSA) is 116 Å². The zero-order chi connectivity index (χ0) is 17.6. The molecule has 1 aliphatic rings. The molecule has 1 fully saturated rings. The lowest BCUT2D eigenvalue weighted by Gasteiger charge is -2.18. The van der Waals surface area contributed by atoms with E-state index in [0.29, 0.717) is 11.7 Å². The van der Waals surface area contributed by atoms with E-state index in [9.17, 15) is 4.79 Å². The van der Waals surface area contributed by atoms with Crippen LogP contribution in [0.2, 0.25) is 0 Å². The molecule has 1 aliphatic heterocycles. The molecule has 7 nitrogen and oxygen atoms in total. The van der Waals surface area contributed by atoms with Gasteiger partial charge in [0.2, 0.25) is 5.91 Å². The van der Waals surface area contributed by atoms with Gasteiger partial charge in [-0.05, 0) is 18.4 Å². The van der Waals surface area contributed by atoms with Crippen molar-refractivity contribution >= 4 is 29.3 Å². The number of hydrogen-bond donors (Lipinski definition) is 3. The summed E-state index contributed by atoms with van der Waals surface area (Å²) in [6, 6.07) is 11.0. The first-order valence-electron chi connectivity index (χ1n) is 8.13. The van der Waals surface area contributed by atoms with Gasteiger partial charge in [0.05, 0.1) is 6.10 Å². The maximum absolute atomic E-state index is 12.8.